The quantitative estimate of drug-likeness (QED) is 0.732. The van der Waals surface area contributed by atoms with Crippen molar-refractivity contribution in [3.8, 4) is 0 Å². The van der Waals surface area contributed by atoms with Crippen molar-refractivity contribution in [3.63, 3.8) is 0 Å². The van der Waals surface area contributed by atoms with Crippen LogP contribution in [0.25, 0.3) is 0 Å². The van der Waals surface area contributed by atoms with Gasteiger partial charge in [-0.1, -0.05) is 6.07 Å². The first kappa shape index (κ1) is 15.8. The van der Waals surface area contributed by atoms with Crippen LogP contribution < -0.4 is 0 Å². The first-order valence-corrected chi connectivity index (χ1v) is 9.77. The number of fused-ring (bicyclic) bond motifs is 1. The number of thioether (sulfide) groups is 1. The molecule has 2 aliphatic rings. The Kier molecular flexibility index (Phi) is 4.40. The van der Waals surface area contributed by atoms with Gasteiger partial charge in [0.2, 0.25) is 5.91 Å². The molecule has 0 unspecified atom stereocenters. The molecule has 4 rings (SSSR count). The minimum Gasteiger partial charge on any atom is -0.464 e. The van der Waals surface area contributed by atoms with Crippen molar-refractivity contribution in [2.24, 2.45) is 0 Å². The van der Waals surface area contributed by atoms with Crippen molar-refractivity contribution in [3.05, 3.63) is 53.0 Å². The van der Waals surface area contributed by atoms with Crippen LogP contribution in [0.2, 0.25) is 0 Å². The van der Waals surface area contributed by atoms with Gasteiger partial charge in [0, 0.05) is 10.9 Å². The fourth-order valence-corrected chi connectivity index (χ4v) is 4.26. The summed E-state index contributed by atoms with van der Waals surface area (Å²) >= 11 is 1.66. The lowest BCUT2D eigenvalue weighted by Crippen LogP contribution is -2.33. The molecule has 1 amide bonds. The molecule has 0 atom stereocenters. The molecule has 0 N–H and O–H groups in total. The van der Waals surface area contributed by atoms with Gasteiger partial charge in [0.1, 0.15) is 11.5 Å². The molecule has 2 aliphatic carbocycles. The maximum Gasteiger partial charge on any atom is 0.233 e. The standard InChI is InChI=1S/C20H23NO2S/c1-14-5-9-18(23-14)12-21(17-7-8-17)20(22)13-24-19-10-6-15-3-2-4-16(15)11-19/h5-6,9-11,17H,2-4,7-8,12-13H2,1H3. The summed E-state index contributed by atoms with van der Waals surface area (Å²) in [6, 6.07) is 11.0. The van der Waals surface area contributed by atoms with E-state index in [-0.39, 0.29) is 5.91 Å². The van der Waals surface area contributed by atoms with Gasteiger partial charge in [0.25, 0.3) is 0 Å². The summed E-state index contributed by atoms with van der Waals surface area (Å²) < 4.78 is 5.65. The molecule has 1 aromatic heterocycles. The van der Waals surface area contributed by atoms with Gasteiger partial charge < -0.3 is 9.32 Å². The molecule has 0 saturated heterocycles. The predicted molar refractivity (Wildman–Crippen MR) is 96.2 cm³/mol. The Morgan fingerprint density at radius 3 is 2.79 bits per heavy atom. The molecule has 24 heavy (non-hydrogen) atoms. The number of benzene rings is 1. The number of carbonyl (C=O) groups is 1. The van der Waals surface area contributed by atoms with E-state index >= 15 is 0 Å². The van der Waals surface area contributed by atoms with E-state index < -0.39 is 0 Å². The molecule has 0 radical (unpaired) electrons. The number of hydrogen-bond acceptors (Lipinski definition) is 3. The lowest BCUT2D eigenvalue weighted by atomic mass is 10.1. The van der Waals surface area contributed by atoms with Crippen molar-refractivity contribution in [2.45, 2.75) is 56.5 Å². The molecule has 0 bridgehead atoms. The molecule has 2 aromatic rings. The Bertz CT molecular complexity index is 748. The van der Waals surface area contributed by atoms with Crippen LogP contribution in [0.3, 0.4) is 0 Å². The minimum atomic E-state index is 0.219. The van der Waals surface area contributed by atoms with Crippen molar-refractivity contribution >= 4 is 17.7 Å². The van der Waals surface area contributed by atoms with Gasteiger partial charge >= 0.3 is 0 Å². The summed E-state index contributed by atoms with van der Waals surface area (Å²) in [6.07, 6.45) is 5.89. The van der Waals surface area contributed by atoms with Crippen molar-refractivity contribution in [1.82, 2.24) is 4.90 Å². The van der Waals surface area contributed by atoms with Gasteiger partial charge in [0.05, 0.1) is 12.3 Å². The van der Waals surface area contributed by atoms with E-state index in [1.807, 2.05) is 24.0 Å². The summed E-state index contributed by atoms with van der Waals surface area (Å²) in [5, 5.41) is 0. The Labute approximate surface area is 147 Å². The number of carbonyl (C=O) groups excluding carboxylic acids is 1. The topological polar surface area (TPSA) is 33.5 Å². The average molecular weight is 341 g/mol. The Morgan fingerprint density at radius 1 is 1.21 bits per heavy atom. The Hall–Kier alpha value is -1.68. The normalized spacial score (nSPS) is 16.2. The van der Waals surface area contributed by atoms with E-state index in [9.17, 15) is 4.79 Å². The zero-order valence-electron chi connectivity index (χ0n) is 14.1. The lowest BCUT2D eigenvalue weighted by Gasteiger charge is -2.21. The summed E-state index contributed by atoms with van der Waals surface area (Å²) in [6.45, 7) is 2.54. The molecule has 1 fully saturated rings. The van der Waals surface area contributed by atoms with Crippen LogP contribution in [0.5, 0.6) is 0 Å². The maximum absolute atomic E-state index is 12.7. The van der Waals surface area contributed by atoms with Crippen LogP contribution in [0.1, 0.15) is 41.9 Å². The van der Waals surface area contributed by atoms with Crippen LogP contribution in [-0.4, -0.2) is 22.6 Å². The maximum atomic E-state index is 12.7. The molecule has 1 heterocycles. The van der Waals surface area contributed by atoms with Crippen LogP contribution in [0.4, 0.5) is 0 Å². The molecular weight excluding hydrogens is 318 g/mol. The van der Waals surface area contributed by atoms with Gasteiger partial charge in [0.15, 0.2) is 0 Å². The van der Waals surface area contributed by atoms with Gasteiger partial charge in [-0.3, -0.25) is 4.79 Å². The predicted octanol–water partition coefficient (Wildman–Crippen LogP) is 4.36. The monoisotopic (exact) mass is 341 g/mol. The van der Waals surface area contributed by atoms with Crippen LogP contribution >= 0.6 is 11.8 Å². The van der Waals surface area contributed by atoms with Gasteiger partial charge in [-0.15, -0.1) is 11.8 Å². The summed E-state index contributed by atoms with van der Waals surface area (Å²) in [5.74, 6) is 2.52. The van der Waals surface area contributed by atoms with E-state index in [4.69, 9.17) is 4.42 Å². The second-order valence-electron chi connectivity index (χ2n) is 6.84. The van der Waals surface area contributed by atoms with Crippen molar-refractivity contribution in [2.75, 3.05) is 5.75 Å². The smallest absolute Gasteiger partial charge is 0.233 e. The van der Waals surface area contributed by atoms with Crippen LogP contribution in [-0.2, 0) is 24.2 Å². The molecule has 0 spiro atoms. The largest absolute Gasteiger partial charge is 0.464 e. The third-order valence-corrected chi connectivity index (χ3v) is 5.84. The molecule has 0 aliphatic heterocycles. The third kappa shape index (κ3) is 3.54. The van der Waals surface area contributed by atoms with Crippen molar-refractivity contribution < 1.29 is 9.21 Å². The number of amides is 1. The summed E-state index contributed by atoms with van der Waals surface area (Å²) in [7, 11) is 0. The molecule has 126 valence electrons. The average Bonchev–Trinajstić information content (AvgIpc) is 3.16. The number of hydrogen-bond donors (Lipinski definition) is 0. The fraction of sp³-hybridized carbons (Fsp3) is 0.450. The van der Waals surface area contributed by atoms with E-state index in [0.29, 0.717) is 18.3 Å². The molecule has 1 aromatic carbocycles. The minimum absolute atomic E-state index is 0.219. The molecule has 4 heteroatoms. The highest BCUT2D eigenvalue weighted by Crippen LogP contribution is 2.31. The van der Waals surface area contributed by atoms with E-state index in [0.717, 1.165) is 24.4 Å². The second kappa shape index (κ2) is 6.67. The fourth-order valence-electron chi connectivity index (χ4n) is 3.41. The first-order valence-electron chi connectivity index (χ1n) is 8.78. The third-order valence-electron chi connectivity index (χ3n) is 4.86. The molecular formula is C20H23NO2S. The van der Waals surface area contributed by atoms with Crippen molar-refractivity contribution in [1.29, 1.82) is 0 Å². The van der Waals surface area contributed by atoms with E-state index in [1.165, 1.54) is 35.3 Å². The number of rotatable bonds is 6. The van der Waals surface area contributed by atoms with Gasteiger partial charge in [-0.05, 0) is 74.4 Å². The zero-order chi connectivity index (χ0) is 16.5. The van der Waals surface area contributed by atoms with Gasteiger partial charge in [-0.25, -0.2) is 0 Å². The Balaban J connectivity index is 1.38. The Morgan fingerprint density at radius 2 is 2.04 bits per heavy atom. The van der Waals surface area contributed by atoms with Gasteiger partial charge in [-0.2, -0.15) is 0 Å². The van der Waals surface area contributed by atoms with E-state index in [2.05, 4.69) is 18.2 Å². The SMILES string of the molecule is Cc1ccc(CN(C(=O)CSc2ccc3c(c2)CCC3)C2CC2)o1. The highest BCUT2D eigenvalue weighted by molar-refractivity contribution is 8.00. The lowest BCUT2D eigenvalue weighted by molar-refractivity contribution is -0.129. The summed E-state index contributed by atoms with van der Waals surface area (Å²) in [5.41, 5.74) is 2.95. The highest BCUT2D eigenvalue weighted by Gasteiger charge is 2.33. The first-order chi connectivity index (χ1) is 11.7. The number of furan rings is 1. The zero-order valence-corrected chi connectivity index (χ0v) is 14.9. The molecule has 3 nitrogen and oxygen atoms in total. The van der Waals surface area contributed by atoms with E-state index in [1.54, 1.807) is 11.8 Å². The second-order valence-corrected chi connectivity index (χ2v) is 7.89. The van der Waals surface area contributed by atoms with Crippen LogP contribution in [0.15, 0.2) is 39.6 Å². The summed E-state index contributed by atoms with van der Waals surface area (Å²) in [4.78, 5) is 15.9. The molecule has 1 saturated carbocycles. The highest BCUT2D eigenvalue weighted by atomic mass is 32.2. The van der Waals surface area contributed by atoms with Crippen LogP contribution in [0, 0.1) is 6.92 Å². The number of aryl methyl sites for hydroxylation is 3. The number of nitrogens with zero attached hydrogens (tertiary/aromatic N) is 1.